The first-order chi connectivity index (χ1) is 13.8. The average molecular weight is 433 g/mol. The summed E-state index contributed by atoms with van der Waals surface area (Å²) in [5.41, 5.74) is 1.66. The quantitative estimate of drug-likeness (QED) is 0.341. The summed E-state index contributed by atoms with van der Waals surface area (Å²) in [5, 5.41) is 43.1. The molecule has 1 fully saturated rings. The van der Waals surface area contributed by atoms with Crippen LogP contribution in [0.15, 0.2) is 24.3 Å². The molecule has 10 heteroatoms. The van der Waals surface area contributed by atoms with Crippen LogP contribution in [0.1, 0.15) is 37.7 Å². The van der Waals surface area contributed by atoms with Crippen LogP contribution < -0.4 is 5.32 Å². The number of hydrogen-bond donors (Lipinski definition) is 5. The molecule has 2 unspecified atom stereocenters. The van der Waals surface area contributed by atoms with Gasteiger partial charge in [-0.25, -0.2) is 0 Å². The van der Waals surface area contributed by atoms with Gasteiger partial charge in [0.2, 0.25) is 0 Å². The zero-order valence-electron chi connectivity index (χ0n) is 17.0. The molecule has 5 N–H and O–H groups in total. The molecule has 0 aliphatic carbocycles. The second kappa shape index (κ2) is 10.9. The van der Waals surface area contributed by atoms with Crippen LogP contribution in [0.4, 0.5) is 0 Å². The Morgan fingerprint density at radius 1 is 1.07 bits per heavy atom. The predicted molar refractivity (Wildman–Crippen MR) is 106 cm³/mol. The smallest absolute Gasteiger partial charge is 0.351 e. The summed E-state index contributed by atoms with van der Waals surface area (Å²) < 4.78 is 29.7. The number of aryl methyl sites for hydroxylation is 1. The Balaban J connectivity index is 2.39. The van der Waals surface area contributed by atoms with Crippen molar-refractivity contribution in [2.45, 2.75) is 63.6 Å². The molecular formula is C19H32NO8P. The number of aliphatic hydroxyl groups excluding tert-OH is 4. The van der Waals surface area contributed by atoms with Gasteiger partial charge in [-0.2, -0.15) is 0 Å². The highest BCUT2D eigenvalue weighted by Gasteiger charge is 2.47. The van der Waals surface area contributed by atoms with E-state index in [1.54, 1.807) is 26.0 Å². The molecule has 1 aliphatic rings. The van der Waals surface area contributed by atoms with E-state index in [2.05, 4.69) is 5.32 Å². The van der Waals surface area contributed by atoms with Crippen LogP contribution in [0.3, 0.4) is 0 Å². The van der Waals surface area contributed by atoms with Gasteiger partial charge >= 0.3 is 7.60 Å². The summed E-state index contributed by atoms with van der Waals surface area (Å²) in [6, 6.07) is 6.12. The summed E-state index contributed by atoms with van der Waals surface area (Å²) in [5.74, 6) is -1.02. The van der Waals surface area contributed by atoms with Gasteiger partial charge in [-0.1, -0.05) is 31.2 Å². The van der Waals surface area contributed by atoms with Crippen molar-refractivity contribution in [1.82, 2.24) is 5.32 Å². The number of aliphatic hydroxyl groups is 4. The van der Waals surface area contributed by atoms with Crippen LogP contribution in [0.5, 0.6) is 0 Å². The fourth-order valence-corrected chi connectivity index (χ4v) is 5.30. The summed E-state index contributed by atoms with van der Waals surface area (Å²) in [4.78, 5) is 0. The molecule has 1 aliphatic heterocycles. The standard InChI is InChI=1S/C19H32NO8P/c1-4-12-7-9-13(10-8-12)18(29(25,26-5-2)27-6-3)20-15-17(23)16(22)14(11-21)28-19(15)24/h7-10,14-24H,4-6,11H2,1-3H3/t14-,15-,16-,17-,18?,19?/m1/s1. The number of hydrogen-bond acceptors (Lipinski definition) is 9. The largest absolute Gasteiger partial charge is 0.394 e. The van der Waals surface area contributed by atoms with E-state index in [9.17, 15) is 25.0 Å². The van der Waals surface area contributed by atoms with Crippen LogP contribution in [0.25, 0.3) is 0 Å². The van der Waals surface area contributed by atoms with Crippen molar-refractivity contribution in [2.75, 3.05) is 19.8 Å². The predicted octanol–water partition coefficient (Wildman–Crippen LogP) is 0.903. The fourth-order valence-electron chi connectivity index (χ4n) is 3.31. The van der Waals surface area contributed by atoms with Gasteiger partial charge in [0, 0.05) is 0 Å². The average Bonchev–Trinajstić information content (AvgIpc) is 2.71. The molecule has 0 radical (unpaired) electrons. The van der Waals surface area contributed by atoms with Gasteiger partial charge in [-0.15, -0.1) is 0 Å². The lowest BCUT2D eigenvalue weighted by Gasteiger charge is -2.42. The first-order valence-electron chi connectivity index (χ1n) is 9.85. The highest BCUT2D eigenvalue weighted by Crippen LogP contribution is 2.60. The highest BCUT2D eigenvalue weighted by atomic mass is 31.2. The summed E-state index contributed by atoms with van der Waals surface area (Å²) in [7, 11) is -3.76. The van der Waals surface area contributed by atoms with Crippen molar-refractivity contribution in [2.24, 2.45) is 0 Å². The molecule has 1 aromatic rings. The molecular weight excluding hydrogens is 401 g/mol. The van der Waals surface area contributed by atoms with Crippen LogP contribution in [-0.2, 0) is 24.8 Å². The van der Waals surface area contributed by atoms with E-state index in [1.165, 1.54) is 0 Å². The Hall–Kier alpha value is -0.870. The summed E-state index contributed by atoms with van der Waals surface area (Å²) >= 11 is 0. The highest BCUT2D eigenvalue weighted by molar-refractivity contribution is 7.54. The van der Waals surface area contributed by atoms with Crippen molar-refractivity contribution in [3.05, 3.63) is 35.4 Å². The molecule has 166 valence electrons. The zero-order valence-corrected chi connectivity index (χ0v) is 17.9. The lowest BCUT2D eigenvalue weighted by molar-refractivity contribution is -0.255. The lowest BCUT2D eigenvalue weighted by Crippen LogP contribution is -2.63. The van der Waals surface area contributed by atoms with Gasteiger partial charge in [0.25, 0.3) is 0 Å². The normalized spacial score (nSPS) is 29.0. The van der Waals surface area contributed by atoms with E-state index >= 15 is 0 Å². The van der Waals surface area contributed by atoms with E-state index in [4.69, 9.17) is 13.8 Å². The minimum Gasteiger partial charge on any atom is -0.394 e. The third-order valence-electron chi connectivity index (χ3n) is 4.89. The van der Waals surface area contributed by atoms with E-state index in [-0.39, 0.29) is 13.2 Å². The van der Waals surface area contributed by atoms with E-state index < -0.39 is 50.6 Å². The number of ether oxygens (including phenoxy) is 1. The molecule has 1 aromatic carbocycles. The monoisotopic (exact) mass is 433 g/mol. The number of benzene rings is 1. The maximum Gasteiger partial charge on any atom is 0.351 e. The third-order valence-corrected chi connectivity index (χ3v) is 7.20. The van der Waals surface area contributed by atoms with E-state index in [0.29, 0.717) is 5.56 Å². The van der Waals surface area contributed by atoms with E-state index in [1.807, 2.05) is 19.1 Å². The van der Waals surface area contributed by atoms with Crippen molar-refractivity contribution in [3.63, 3.8) is 0 Å². The van der Waals surface area contributed by atoms with Gasteiger partial charge in [-0.05, 0) is 31.4 Å². The molecule has 29 heavy (non-hydrogen) atoms. The summed E-state index contributed by atoms with van der Waals surface area (Å²) in [6.45, 7) is 5.08. The van der Waals surface area contributed by atoms with Crippen molar-refractivity contribution in [3.8, 4) is 0 Å². The topological polar surface area (TPSA) is 138 Å². The third kappa shape index (κ3) is 5.64. The van der Waals surface area contributed by atoms with Crippen molar-refractivity contribution < 1.29 is 38.8 Å². The SMILES string of the molecule is CCOP(=O)(OCC)C(N[C@H]1C(O)O[C@H](CO)[C@@H](O)[C@@H]1O)c1ccc(CC)cc1. The van der Waals surface area contributed by atoms with E-state index in [0.717, 1.165) is 12.0 Å². The molecule has 2 rings (SSSR count). The number of nitrogens with one attached hydrogen (secondary N) is 1. The Labute approximate surface area is 171 Å². The summed E-state index contributed by atoms with van der Waals surface area (Å²) in [6.07, 6.45) is -4.78. The van der Waals surface area contributed by atoms with Gasteiger partial charge in [0.15, 0.2) is 6.29 Å². The first kappa shape index (κ1) is 24.4. The van der Waals surface area contributed by atoms with Gasteiger partial charge in [0.1, 0.15) is 24.1 Å². The molecule has 6 atom stereocenters. The zero-order chi connectivity index (χ0) is 21.6. The fraction of sp³-hybridized carbons (Fsp3) is 0.684. The molecule has 0 amide bonds. The Morgan fingerprint density at radius 2 is 1.66 bits per heavy atom. The van der Waals surface area contributed by atoms with Crippen LogP contribution in [-0.4, -0.2) is 70.9 Å². The minimum absolute atomic E-state index is 0.129. The first-order valence-corrected chi connectivity index (χ1v) is 11.5. The van der Waals surface area contributed by atoms with Crippen LogP contribution in [0.2, 0.25) is 0 Å². The Bertz CT molecular complexity index is 663. The van der Waals surface area contributed by atoms with Gasteiger partial charge in [-0.3, -0.25) is 9.88 Å². The maximum absolute atomic E-state index is 13.5. The molecule has 0 aromatic heterocycles. The van der Waals surface area contributed by atoms with Crippen LogP contribution >= 0.6 is 7.60 Å². The van der Waals surface area contributed by atoms with Crippen molar-refractivity contribution in [1.29, 1.82) is 0 Å². The molecule has 0 saturated carbocycles. The Kier molecular flexibility index (Phi) is 9.21. The van der Waals surface area contributed by atoms with Crippen molar-refractivity contribution >= 4 is 7.60 Å². The maximum atomic E-state index is 13.5. The Morgan fingerprint density at radius 3 is 2.14 bits per heavy atom. The van der Waals surface area contributed by atoms with Gasteiger partial charge < -0.3 is 34.2 Å². The molecule has 1 heterocycles. The molecule has 0 bridgehead atoms. The van der Waals surface area contributed by atoms with Crippen LogP contribution in [0, 0.1) is 0 Å². The second-order valence-corrected chi connectivity index (χ2v) is 8.91. The van der Waals surface area contributed by atoms with Gasteiger partial charge in [0.05, 0.1) is 25.9 Å². The molecule has 0 spiro atoms. The molecule has 1 saturated heterocycles. The molecule has 9 nitrogen and oxygen atoms in total. The lowest BCUT2D eigenvalue weighted by atomic mass is 9.97. The number of rotatable bonds is 10. The minimum atomic E-state index is -3.76. The second-order valence-electron chi connectivity index (χ2n) is 6.79.